The average molecular weight is 230 g/mol. The molecule has 0 amide bonds. The summed E-state index contributed by atoms with van der Waals surface area (Å²) in [4.78, 5) is 12.0. The zero-order valence-electron chi connectivity index (χ0n) is 8.65. The third-order valence-corrected chi connectivity index (χ3v) is 2.12. The van der Waals surface area contributed by atoms with Gasteiger partial charge in [0.25, 0.3) is 6.43 Å². The number of halogens is 2. The Morgan fingerprint density at radius 3 is 2.62 bits per heavy atom. The van der Waals surface area contributed by atoms with Crippen LogP contribution in [0.4, 0.5) is 20.2 Å². The first-order valence-electron chi connectivity index (χ1n) is 4.54. The van der Waals surface area contributed by atoms with E-state index in [9.17, 15) is 13.6 Å². The Labute approximate surface area is 91.3 Å². The Hall–Kier alpha value is -1.85. The number of aromatic carboxylic acids is 1. The quantitative estimate of drug-likeness (QED) is 0.772. The zero-order valence-corrected chi connectivity index (χ0v) is 8.65. The van der Waals surface area contributed by atoms with Gasteiger partial charge in [0.05, 0.1) is 12.1 Å². The number of hydrogen-bond acceptors (Lipinski definition) is 3. The van der Waals surface area contributed by atoms with Gasteiger partial charge in [0.1, 0.15) is 0 Å². The lowest BCUT2D eigenvalue weighted by Gasteiger charge is -2.19. The summed E-state index contributed by atoms with van der Waals surface area (Å²) in [6, 6.07) is 4.11. The lowest BCUT2D eigenvalue weighted by molar-refractivity contribution is 0.0698. The predicted octanol–water partition coefficient (Wildman–Crippen LogP) is 1.67. The first kappa shape index (κ1) is 12.2. The third kappa shape index (κ3) is 2.82. The molecule has 1 aromatic rings. The Kier molecular flexibility index (Phi) is 3.65. The molecule has 0 aromatic heterocycles. The lowest BCUT2D eigenvalue weighted by atomic mass is 10.1. The summed E-state index contributed by atoms with van der Waals surface area (Å²) in [6.45, 7) is -0.425. The van der Waals surface area contributed by atoms with E-state index in [1.807, 2.05) is 0 Å². The van der Waals surface area contributed by atoms with Crippen molar-refractivity contribution in [1.82, 2.24) is 0 Å². The summed E-state index contributed by atoms with van der Waals surface area (Å²) in [5.41, 5.74) is 5.98. The monoisotopic (exact) mass is 230 g/mol. The van der Waals surface area contributed by atoms with Crippen LogP contribution >= 0.6 is 0 Å². The maximum atomic E-state index is 12.1. The molecule has 0 saturated heterocycles. The highest BCUT2D eigenvalue weighted by atomic mass is 19.3. The van der Waals surface area contributed by atoms with Crippen LogP contribution in [-0.4, -0.2) is 31.1 Å². The van der Waals surface area contributed by atoms with Gasteiger partial charge in [0, 0.05) is 18.4 Å². The minimum absolute atomic E-state index is 0.0332. The molecule has 0 radical (unpaired) electrons. The highest BCUT2D eigenvalue weighted by Gasteiger charge is 2.12. The highest BCUT2D eigenvalue weighted by Crippen LogP contribution is 2.21. The maximum absolute atomic E-state index is 12.1. The number of carbonyl (C=O) groups is 1. The number of anilines is 2. The Morgan fingerprint density at radius 2 is 2.19 bits per heavy atom. The van der Waals surface area contributed by atoms with Gasteiger partial charge >= 0.3 is 5.97 Å². The largest absolute Gasteiger partial charge is 0.478 e. The zero-order chi connectivity index (χ0) is 12.3. The number of nitrogen functional groups attached to an aromatic ring is 1. The number of benzene rings is 1. The number of nitrogens with zero attached hydrogens (tertiary/aromatic N) is 1. The number of hydrogen-bond donors (Lipinski definition) is 2. The van der Waals surface area contributed by atoms with Crippen molar-refractivity contribution >= 4 is 17.3 Å². The summed E-state index contributed by atoms with van der Waals surface area (Å²) >= 11 is 0. The van der Waals surface area contributed by atoms with E-state index in [2.05, 4.69) is 0 Å². The lowest BCUT2D eigenvalue weighted by Crippen LogP contribution is -2.24. The van der Waals surface area contributed by atoms with Gasteiger partial charge in [-0.05, 0) is 18.2 Å². The fourth-order valence-electron chi connectivity index (χ4n) is 1.29. The van der Waals surface area contributed by atoms with E-state index in [1.165, 1.54) is 30.1 Å². The van der Waals surface area contributed by atoms with Crippen LogP contribution in [0.3, 0.4) is 0 Å². The van der Waals surface area contributed by atoms with Crippen molar-refractivity contribution in [2.24, 2.45) is 0 Å². The van der Waals surface area contributed by atoms with E-state index in [4.69, 9.17) is 10.8 Å². The van der Waals surface area contributed by atoms with Crippen molar-refractivity contribution in [3.05, 3.63) is 23.8 Å². The molecule has 0 spiro atoms. The minimum atomic E-state index is -2.45. The van der Waals surface area contributed by atoms with Crippen molar-refractivity contribution in [3.63, 3.8) is 0 Å². The van der Waals surface area contributed by atoms with Crippen molar-refractivity contribution in [2.45, 2.75) is 6.43 Å². The van der Waals surface area contributed by atoms with Gasteiger partial charge in [0.15, 0.2) is 0 Å². The van der Waals surface area contributed by atoms with Crippen LogP contribution in [0.25, 0.3) is 0 Å². The molecule has 0 heterocycles. The molecule has 0 aliphatic heterocycles. The van der Waals surface area contributed by atoms with Crippen LogP contribution in [0, 0.1) is 0 Å². The van der Waals surface area contributed by atoms with E-state index < -0.39 is 18.9 Å². The van der Waals surface area contributed by atoms with Crippen molar-refractivity contribution in [1.29, 1.82) is 0 Å². The molecule has 0 unspecified atom stereocenters. The summed E-state index contributed by atoms with van der Waals surface area (Å²) in [6.07, 6.45) is -2.45. The molecular formula is C10H12F2N2O2. The molecule has 4 nitrogen and oxygen atoms in total. The molecule has 1 rings (SSSR count). The van der Waals surface area contributed by atoms with E-state index in [0.29, 0.717) is 5.69 Å². The van der Waals surface area contributed by atoms with Crippen molar-refractivity contribution < 1.29 is 18.7 Å². The number of carboxylic acid groups (broad SMARTS) is 1. The summed E-state index contributed by atoms with van der Waals surface area (Å²) < 4.78 is 24.2. The Bertz CT molecular complexity index is 396. The van der Waals surface area contributed by atoms with Gasteiger partial charge in [0.2, 0.25) is 0 Å². The number of rotatable bonds is 4. The van der Waals surface area contributed by atoms with Crippen LogP contribution in [0.15, 0.2) is 18.2 Å². The summed E-state index contributed by atoms with van der Waals surface area (Å²) in [5.74, 6) is -1.14. The van der Waals surface area contributed by atoms with Crippen LogP contribution in [-0.2, 0) is 0 Å². The molecule has 0 saturated carbocycles. The number of nitrogens with two attached hydrogens (primary N) is 1. The second-order valence-electron chi connectivity index (χ2n) is 3.35. The Morgan fingerprint density at radius 1 is 1.56 bits per heavy atom. The SMILES string of the molecule is CN(CC(F)F)c1ccc(C(=O)O)c(N)c1. The van der Waals surface area contributed by atoms with Gasteiger partial charge in [-0.15, -0.1) is 0 Å². The molecule has 0 atom stereocenters. The summed E-state index contributed by atoms with van der Waals surface area (Å²) in [5, 5.41) is 8.73. The van der Waals surface area contributed by atoms with Crippen LogP contribution in [0.2, 0.25) is 0 Å². The van der Waals surface area contributed by atoms with Crippen molar-refractivity contribution in [2.75, 3.05) is 24.2 Å². The predicted molar refractivity (Wildman–Crippen MR) is 57.1 cm³/mol. The first-order valence-corrected chi connectivity index (χ1v) is 4.54. The van der Waals surface area contributed by atoms with Gasteiger partial charge in [-0.2, -0.15) is 0 Å². The molecule has 16 heavy (non-hydrogen) atoms. The van der Waals surface area contributed by atoms with Crippen LogP contribution in [0.5, 0.6) is 0 Å². The van der Waals surface area contributed by atoms with Crippen molar-refractivity contribution in [3.8, 4) is 0 Å². The second kappa shape index (κ2) is 4.78. The standard InChI is InChI=1S/C10H12F2N2O2/c1-14(5-9(11)12)6-2-3-7(10(15)16)8(13)4-6/h2-4,9H,5,13H2,1H3,(H,15,16). The highest BCUT2D eigenvalue weighted by molar-refractivity contribution is 5.94. The number of carboxylic acids is 1. The van der Waals surface area contributed by atoms with E-state index >= 15 is 0 Å². The molecular weight excluding hydrogens is 218 g/mol. The molecule has 88 valence electrons. The van der Waals surface area contributed by atoms with Gasteiger partial charge in [-0.1, -0.05) is 0 Å². The molecule has 3 N–H and O–H groups in total. The second-order valence-corrected chi connectivity index (χ2v) is 3.35. The third-order valence-electron chi connectivity index (χ3n) is 2.12. The van der Waals surface area contributed by atoms with Crippen LogP contribution < -0.4 is 10.6 Å². The van der Waals surface area contributed by atoms with Gasteiger partial charge in [-0.3, -0.25) is 0 Å². The fraction of sp³-hybridized carbons (Fsp3) is 0.300. The topological polar surface area (TPSA) is 66.6 Å². The Balaban J connectivity index is 2.92. The molecule has 0 aliphatic rings. The first-order chi connectivity index (χ1) is 7.41. The van der Waals surface area contributed by atoms with Gasteiger partial charge < -0.3 is 15.7 Å². The van der Waals surface area contributed by atoms with E-state index in [0.717, 1.165) is 0 Å². The van der Waals surface area contributed by atoms with E-state index in [-0.39, 0.29) is 11.3 Å². The van der Waals surface area contributed by atoms with Gasteiger partial charge in [-0.25, -0.2) is 13.6 Å². The summed E-state index contributed by atoms with van der Waals surface area (Å²) in [7, 11) is 1.49. The maximum Gasteiger partial charge on any atom is 0.337 e. The molecule has 0 fully saturated rings. The van der Waals surface area contributed by atoms with Crippen LogP contribution in [0.1, 0.15) is 10.4 Å². The minimum Gasteiger partial charge on any atom is -0.478 e. The normalized spacial score (nSPS) is 10.5. The number of alkyl halides is 2. The van der Waals surface area contributed by atoms with E-state index in [1.54, 1.807) is 0 Å². The molecule has 1 aromatic carbocycles. The smallest absolute Gasteiger partial charge is 0.337 e. The molecule has 6 heteroatoms. The average Bonchev–Trinajstić information content (AvgIpc) is 2.15. The molecule has 0 aliphatic carbocycles. The molecule has 0 bridgehead atoms. The fourth-order valence-corrected chi connectivity index (χ4v) is 1.29.